The van der Waals surface area contributed by atoms with E-state index < -0.39 is 32.5 Å². The summed E-state index contributed by atoms with van der Waals surface area (Å²) in [4.78, 5) is 42.9. The Morgan fingerprint density at radius 2 is 0.889 bits per heavy atom. The van der Waals surface area contributed by atoms with Crippen molar-refractivity contribution in [3.8, 4) is 0 Å². The molecule has 308 valence electrons. The number of phosphoric ester groups is 1. The topological polar surface area (TPSA) is 119 Å². The van der Waals surface area contributed by atoms with Crippen LogP contribution in [0.5, 0.6) is 0 Å². The molecular weight excluding hydrogens is 699 g/mol. The molecule has 0 rings (SSSR count). The zero-order valence-corrected chi connectivity index (χ0v) is 34.7. The van der Waals surface area contributed by atoms with E-state index in [1.807, 2.05) is 0 Å². The van der Waals surface area contributed by atoms with Crippen LogP contribution in [0.25, 0.3) is 0 Å². The zero-order valence-electron chi connectivity index (χ0n) is 33.8. The molecular formula is C45H75O8P. The van der Waals surface area contributed by atoms with Crippen LogP contribution in [-0.2, 0) is 28.2 Å². The van der Waals surface area contributed by atoms with Crippen LogP contribution in [0.15, 0.2) is 85.1 Å². The maximum absolute atomic E-state index is 12.4. The maximum atomic E-state index is 12.4. The number of esters is 2. The van der Waals surface area contributed by atoms with E-state index in [4.69, 9.17) is 19.3 Å². The molecule has 0 heterocycles. The van der Waals surface area contributed by atoms with Crippen LogP contribution < -0.4 is 0 Å². The van der Waals surface area contributed by atoms with E-state index in [-0.39, 0.29) is 19.4 Å². The number of ether oxygens (including phenoxy) is 2. The van der Waals surface area contributed by atoms with Crippen LogP contribution >= 0.6 is 7.82 Å². The molecule has 0 bridgehead atoms. The second kappa shape index (κ2) is 39.9. The van der Waals surface area contributed by atoms with E-state index in [2.05, 4.69) is 103 Å². The summed E-state index contributed by atoms with van der Waals surface area (Å²) >= 11 is 0. The lowest BCUT2D eigenvalue weighted by atomic mass is 10.1. The van der Waals surface area contributed by atoms with Crippen molar-refractivity contribution in [1.29, 1.82) is 0 Å². The minimum atomic E-state index is -4.77. The Bertz CT molecular complexity index is 1140. The summed E-state index contributed by atoms with van der Waals surface area (Å²) in [6, 6.07) is 0. The van der Waals surface area contributed by atoms with Crippen molar-refractivity contribution in [2.45, 2.75) is 174 Å². The van der Waals surface area contributed by atoms with Gasteiger partial charge in [0, 0.05) is 12.8 Å². The fourth-order valence-corrected chi connectivity index (χ4v) is 5.67. The smallest absolute Gasteiger partial charge is 0.462 e. The number of hydrogen-bond donors (Lipinski definition) is 2. The fourth-order valence-electron chi connectivity index (χ4n) is 5.31. The molecule has 0 fully saturated rings. The molecule has 0 aromatic heterocycles. The third-order valence-electron chi connectivity index (χ3n) is 8.40. The van der Waals surface area contributed by atoms with Crippen molar-refractivity contribution in [2.75, 3.05) is 13.2 Å². The minimum Gasteiger partial charge on any atom is -0.462 e. The minimum absolute atomic E-state index is 0.191. The quantitative estimate of drug-likeness (QED) is 0.0277. The molecule has 0 aliphatic heterocycles. The molecule has 0 saturated heterocycles. The van der Waals surface area contributed by atoms with E-state index in [9.17, 15) is 14.2 Å². The first-order valence-electron chi connectivity index (χ1n) is 20.9. The standard InChI is InChI=1S/C45H75O8P/c1-3-5-7-9-11-13-15-17-19-21-22-24-25-27-29-31-33-35-37-39-44(46)51-41-43(42-52-54(48,49)50)53-45(47)40-38-36-34-32-30-28-26-23-20-18-16-14-12-10-8-6-4-2/h5,7,11-14,17-20,22,24,27,29,43H,3-4,6,8-10,15-16,21,23,25-26,28,30-42H2,1-2H3,(H2,48,49,50)/b7-5-,13-11-,14-12-,19-17-,20-18-,24-22-,29-27-/t43-/m1/s1. The van der Waals surface area contributed by atoms with E-state index >= 15 is 0 Å². The molecule has 0 amide bonds. The average molecular weight is 775 g/mol. The van der Waals surface area contributed by atoms with Gasteiger partial charge in [0.15, 0.2) is 6.10 Å². The van der Waals surface area contributed by atoms with Gasteiger partial charge >= 0.3 is 19.8 Å². The molecule has 0 radical (unpaired) electrons. The highest BCUT2D eigenvalue weighted by molar-refractivity contribution is 7.46. The number of rotatable bonds is 37. The van der Waals surface area contributed by atoms with Crippen molar-refractivity contribution < 1.29 is 37.9 Å². The molecule has 0 aromatic carbocycles. The lowest BCUT2D eigenvalue weighted by molar-refractivity contribution is -0.161. The number of phosphoric acid groups is 1. The van der Waals surface area contributed by atoms with Gasteiger partial charge in [-0.3, -0.25) is 14.1 Å². The van der Waals surface area contributed by atoms with Crippen LogP contribution in [0.4, 0.5) is 0 Å². The first kappa shape index (κ1) is 51.2. The number of carbonyl (C=O) groups excluding carboxylic acids is 2. The summed E-state index contributed by atoms with van der Waals surface area (Å²) in [6.07, 6.45) is 53.0. The molecule has 8 nitrogen and oxygen atoms in total. The fraction of sp³-hybridized carbons (Fsp3) is 0.644. The van der Waals surface area contributed by atoms with Crippen molar-refractivity contribution >= 4 is 19.8 Å². The van der Waals surface area contributed by atoms with Gasteiger partial charge in [-0.25, -0.2) is 4.57 Å². The van der Waals surface area contributed by atoms with Gasteiger partial charge in [0.1, 0.15) is 6.61 Å². The van der Waals surface area contributed by atoms with Gasteiger partial charge in [-0.1, -0.05) is 150 Å². The van der Waals surface area contributed by atoms with Crippen molar-refractivity contribution in [2.24, 2.45) is 0 Å². The van der Waals surface area contributed by atoms with Crippen LogP contribution in [0.1, 0.15) is 168 Å². The van der Waals surface area contributed by atoms with Crippen LogP contribution in [-0.4, -0.2) is 41.0 Å². The largest absolute Gasteiger partial charge is 0.469 e. The van der Waals surface area contributed by atoms with Crippen LogP contribution in [0, 0.1) is 0 Å². The first-order chi connectivity index (χ1) is 26.3. The van der Waals surface area contributed by atoms with Crippen LogP contribution in [0.2, 0.25) is 0 Å². The van der Waals surface area contributed by atoms with Crippen molar-refractivity contribution in [3.63, 3.8) is 0 Å². The lowest BCUT2D eigenvalue weighted by Gasteiger charge is -2.18. The highest BCUT2D eigenvalue weighted by Crippen LogP contribution is 2.36. The van der Waals surface area contributed by atoms with Crippen LogP contribution in [0.3, 0.4) is 0 Å². The second-order valence-corrected chi connectivity index (χ2v) is 14.8. The monoisotopic (exact) mass is 775 g/mol. The summed E-state index contributed by atoms with van der Waals surface area (Å²) in [7, 11) is -4.77. The Kier molecular flexibility index (Phi) is 37.9. The van der Waals surface area contributed by atoms with E-state index in [0.29, 0.717) is 12.8 Å². The molecule has 0 saturated carbocycles. The Labute approximate surface area is 329 Å². The molecule has 0 aliphatic carbocycles. The number of allylic oxidation sites excluding steroid dienone is 14. The second-order valence-electron chi connectivity index (χ2n) is 13.6. The van der Waals surface area contributed by atoms with Gasteiger partial charge in [-0.15, -0.1) is 0 Å². The average Bonchev–Trinajstić information content (AvgIpc) is 3.14. The zero-order chi connectivity index (χ0) is 39.6. The van der Waals surface area contributed by atoms with Gasteiger partial charge in [0.2, 0.25) is 0 Å². The van der Waals surface area contributed by atoms with E-state index in [0.717, 1.165) is 83.5 Å². The Morgan fingerprint density at radius 1 is 0.500 bits per heavy atom. The molecule has 54 heavy (non-hydrogen) atoms. The molecule has 0 aromatic rings. The summed E-state index contributed by atoms with van der Waals surface area (Å²) in [5.41, 5.74) is 0. The van der Waals surface area contributed by atoms with Gasteiger partial charge in [0.05, 0.1) is 6.61 Å². The summed E-state index contributed by atoms with van der Waals surface area (Å²) in [5.74, 6) is -0.938. The molecule has 0 unspecified atom stereocenters. The molecule has 9 heteroatoms. The number of hydrogen-bond acceptors (Lipinski definition) is 6. The predicted molar refractivity (Wildman–Crippen MR) is 225 cm³/mol. The normalized spacial score (nSPS) is 13.3. The highest BCUT2D eigenvalue weighted by atomic mass is 31.2. The summed E-state index contributed by atoms with van der Waals surface area (Å²) in [5, 5.41) is 0. The molecule has 2 N–H and O–H groups in total. The van der Waals surface area contributed by atoms with Crippen molar-refractivity contribution in [1.82, 2.24) is 0 Å². The third-order valence-corrected chi connectivity index (χ3v) is 8.88. The third kappa shape index (κ3) is 42.0. The Hall–Kier alpha value is -2.77. The summed E-state index contributed by atoms with van der Waals surface area (Å²) in [6.45, 7) is 3.50. The Morgan fingerprint density at radius 3 is 1.35 bits per heavy atom. The van der Waals surface area contributed by atoms with Crippen molar-refractivity contribution in [3.05, 3.63) is 85.1 Å². The van der Waals surface area contributed by atoms with Gasteiger partial charge in [0.25, 0.3) is 0 Å². The highest BCUT2D eigenvalue weighted by Gasteiger charge is 2.22. The number of carbonyl (C=O) groups is 2. The molecule has 0 aliphatic rings. The van der Waals surface area contributed by atoms with Gasteiger partial charge < -0.3 is 19.3 Å². The van der Waals surface area contributed by atoms with E-state index in [1.54, 1.807) is 0 Å². The SMILES string of the molecule is CC/C=C\C/C=C\C/C=C\C/C=C\C/C=C\CCCCCC(=O)OC[C@H](COP(=O)(O)O)OC(=O)CCCCCCCCC/C=C\C/C=C\CCCCC. The Balaban J connectivity index is 4.03. The van der Waals surface area contributed by atoms with Gasteiger partial charge in [-0.2, -0.15) is 0 Å². The van der Waals surface area contributed by atoms with E-state index in [1.165, 1.54) is 44.9 Å². The molecule has 1 atom stereocenters. The number of unbranched alkanes of at least 4 members (excludes halogenated alkanes) is 13. The predicted octanol–water partition coefficient (Wildman–Crippen LogP) is 12.8. The maximum Gasteiger partial charge on any atom is 0.469 e. The summed E-state index contributed by atoms with van der Waals surface area (Å²) < 4.78 is 26.4. The lowest BCUT2D eigenvalue weighted by Crippen LogP contribution is -2.29. The first-order valence-corrected chi connectivity index (χ1v) is 22.4. The molecule has 0 spiro atoms. The van der Waals surface area contributed by atoms with Gasteiger partial charge in [-0.05, 0) is 89.9 Å².